The average molecular weight is 808 g/mol. The molecular weight excluding hydrogens is 755 g/mol. The molecular formula is C44H53N7O8. The van der Waals surface area contributed by atoms with Crippen molar-refractivity contribution < 1.29 is 38.2 Å². The summed E-state index contributed by atoms with van der Waals surface area (Å²) in [7, 11) is 7.06. The number of imide groups is 2. The summed E-state index contributed by atoms with van der Waals surface area (Å²) in [4.78, 5) is 84.6. The topological polar surface area (TPSA) is 180 Å². The number of rotatable bonds is 20. The monoisotopic (exact) mass is 807 g/mol. The number of likely N-dealkylation sites (tertiary alicyclic amines) is 1. The molecule has 312 valence electrons. The number of anilines is 1. The lowest BCUT2D eigenvalue weighted by molar-refractivity contribution is -0.136. The van der Waals surface area contributed by atoms with E-state index in [1.807, 2.05) is 43.4 Å². The zero-order valence-corrected chi connectivity index (χ0v) is 34.2. The zero-order chi connectivity index (χ0) is 42.1. The molecule has 0 unspecified atom stereocenters. The number of ether oxygens (including phenoxy) is 2. The van der Waals surface area contributed by atoms with Crippen LogP contribution in [0.3, 0.4) is 0 Å². The lowest BCUT2D eigenvalue weighted by atomic mass is 9.93. The quantitative estimate of drug-likeness (QED) is 0.0834. The van der Waals surface area contributed by atoms with Crippen LogP contribution in [0.25, 0.3) is 5.57 Å². The van der Waals surface area contributed by atoms with Crippen LogP contribution in [0.2, 0.25) is 0 Å². The van der Waals surface area contributed by atoms with Gasteiger partial charge < -0.3 is 25.0 Å². The van der Waals surface area contributed by atoms with E-state index in [1.54, 1.807) is 44.8 Å². The maximum atomic E-state index is 13.3. The average Bonchev–Trinajstić information content (AvgIpc) is 3.47. The van der Waals surface area contributed by atoms with Crippen molar-refractivity contribution in [1.29, 1.82) is 0 Å². The molecule has 2 saturated heterocycles. The molecule has 1 aromatic heterocycles. The summed E-state index contributed by atoms with van der Waals surface area (Å²) in [6.07, 6.45) is 12.7. The molecule has 3 aliphatic heterocycles. The molecule has 0 saturated carbocycles. The highest BCUT2D eigenvalue weighted by atomic mass is 16.5. The van der Waals surface area contributed by atoms with Crippen LogP contribution < -0.4 is 25.4 Å². The first-order valence-electron chi connectivity index (χ1n) is 20.2. The summed E-state index contributed by atoms with van der Waals surface area (Å²) >= 11 is 0. The minimum atomic E-state index is -0.997. The first-order valence-corrected chi connectivity index (χ1v) is 20.2. The summed E-state index contributed by atoms with van der Waals surface area (Å²) in [5.41, 5.74) is 4.76. The summed E-state index contributed by atoms with van der Waals surface area (Å²) < 4.78 is 11.7. The van der Waals surface area contributed by atoms with Gasteiger partial charge in [-0.1, -0.05) is 31.7 Å². The number of benzene rings is 2. The second-order valence-corrected chi connectivity index (χ2v) is 15.2. The second-order valence-electron chi connectivity index (χ2n) is 15.2. The summed E-state index contributed by atoms with van der Waals surface area (Å²) in [6, 6.07) is 9.51. The number of unbranched alkanes of at least 4 members (excludes halogenated alkanes) is 5. The normalized spacial score (nSPS) is 17.9. The molecule has 0 spiro atoms. The fourth-order valence-corrected chi connectivity index (χ4v) is 7.90. The number of nitrogens with zero attached hydrogens (tertiary/aromatic N) is 4. The van der Waals surface area contributed by atoms with E-state index < -0.39 is 29.7 Å². The van der Waals surface area contributed by atoms with Crippen LogP contribution in [0.15, 0.2) is 55.0 Å². The highest BCUT2D eigenvalue weighted by molar-refractivity contribution is 6.25. The fourth-order valence-electron chi connectivity index (χ4n) is 7.90. The number of nitrogens with one attached hydrogen (secondary N) is 3. The number of aldehydes is 1. The van der Waals surface area contributed by atoms with E-state index in [2.05, 4.69) is 25.8 Å². The first kappa shape index (κ1) is 42.5. The number of methoxy groups -OCH3 is 2. The molecule has 0 bridgehead atoms. The van der Waals surface area contributed by atoms with Gasteiger partial charge in [-0.2, -0.15) is 0 Å². The molecule has 6 rings (SSSR count). The Hall–Kier alpha value is -6.09. The van der Waals surface area contributed by atoms with Gasteiger partial charge in [-0.25, -0.2) is 0 Å². The Bertz CT molecular complexity index is 2090. The van der Waals surface area contributed by atoms with Gasteiger partial charge in [-0.15, -0.1) is 0 Å². The van der Waals surface area contributed by atoms with E-state index in [4.69, 9.17) is 9.47 Å². The van der Waals surface area contributed by atoms with Crippen molar-refractivity contribution in [3.05, 3.63) is 88.4 Å². The number of hydrogen-bond donors (Lipinski definition) is 3. The minimum absolute atomic E-state index is 0.0139. The molecule has 15 nitrogen and oxygen atoms in total. The van der Waals surface area contributed by atoms with Crippen molar-refractivity contribution in [3.8, 4) is 11.5 Å². The van der Waals surface area contributed by atoms with Gasteiger partial charge >= 0.3 is 0 Å². The number of pyridine rings is 1. The third-order valence-corrected chi connectivity index (χ3v) is 11.1. The van der Waals surface area contributed by atoms with Crippen molar-refractivity contribution in [2.24, 2.45) is 0 Å². The molecule has 59 heavy (non-hydrogen) atoms. The molecule has 0 aliphatic carbocycles. The smallest absolute Gasteiger partial charge is 0.264 e. The molecule has 2 fully saturated rings. The number of piperidine rings is 1. The maximum Gasteiger partial charge on any atom is 0.264 e. The molecule has 15 heteroatoms. The number of carbonyl (C=O) groups is 6. The van der Waals surface area contributed by atoms with Gasteiger partial charge in [0.05, 0.1) is 37.0 Å². The van der Waals surface area contributed by atoms with E-state index in [9.17, 15) is 28.8 Å². The number of carbonyl (C=O) groups excluding carboxylic acids is 6. The molecule has 2 aromatic carbocycles. The van der Waals surface area contributed by atoms with E-state index in [0.29, 0.717) is 42.4 Å². The molecule has 3 aliphatic rings. The van der Waals surface area contributed by atoms with Crippen LogP contribution in [0, 0.1) is 0 Å². The van der Waals surface area contributed by atoms with Gasteiger partial charge in [0.15, 0.2) is 6.29 Å². The Morgan fingerprint density at radius 3 is 2.31 bits per heavy atom. The number of hydrogen-bond acceptors (Lipinski definition) is 12. The lowest BCUT2D eigenvalue weighted by Gasteiger charge is -2.40. The van der Waals surface area contributed by atoms with Crippen molar-refractivity contribution >= 4 is 47.1 Å². The summed E-state index contributed by atoms with van der Waals surface area (Å²) in [5, 5.41) is 8.65. The SMILES string of the molecule is COc1cc(/C(=C/N(C)C)c2ccncc2C=O)cc(OC)c1CN1CC[C@H]1C(=O)NCCCCCCCCNc1cccc2c1C(=O)N([C@H]1CCC(=O)NC1=O)C2=O. The summed E-state index contributed by atoms with van der Waals surface area (Å²) in [6.45, 7) is 2.47. The predicted octanol–water partition coefficient (Wildman–Crippen LogP) is 4.41. The highest BCUT2D eigenvalue weighted by Crippen LogP contribution is 2.38. The van der Waals surface area contributed by atoms with Gasteiger partial charge in [0.1, 0.15) is 17.5 Å². The van der Waals surface area contributed by atoms with Crippen LogP contribution in [-0.4, -0.2) is 116 Å². The van der Waals surface area contributed by atoms with Crippen LogP contribution in [0.1, 0.15) is 106 Å². The van der Waals surface area contributed by atoms with E-state index in [0.717, 1.165) is 84.9 Å². The Kier molecular flexibility index (Phi) is 14.1. The largest absolute Gasteiger partial charge is 0.496 e. The fraction of sp³-hybridized carbons (Fsp3) is 0.432. The molecule has 5 amide bonds. The standard InChI is InChI=1S/C44H53N7O8/c1-49(2)25-32(30-16-20-45-24-29(30)27-52)28-22-37(58-3)33(38(23-28)59-4)26-50-21-17-35(50)41(54)47-19-10-8-6-5-7-9-18-46-34-13-11-12-31-40(34)44(57)51(43(31)56)36-14-15-39(53)48-42(36)55/h11-13,16,20,22-25,27,35-36,46H,5-10,14-15,17-19,21,26H2,1-4H3,(H,47,54)(H,48,53,55)/b32-25-/t35-,36-/m0/s1. The van der Waals surface area contributed by atoms with Gasteiger partial charge in [0.25, 0.3) is 11.8 Å². The van der Waals surface area contributed by atoms with E-state index in [-0.39, 0.29) is 35.9 Å². The van der Waals surface area contributed by atoms with Crippen molar-refractivity contribution in [2.45, 2.75) is 76.4 Å². The number of aromatic nitrogens is 1. The zero-order valence-electron chi connectivity index (χ0n) is 34.2. The Morgan fingerprint density at radius 2 is 1.66 bits per heavy atom. The van der Waals surface area contributed by atoms with Crippen molar-refractivity contribution in [1.82, 2.24) is 30.3 Å². The molecule has 3 N–H and O–H groups in total. The van der Waals surface area contributed by atoms with Gasteiger partial charge in [-0.05, 0) is 67.1 Å². The highest BCUT2D eigenvalue weighted by Gasteiger charge is 2.45. The van der Waals surface area contributed by atoms with Crippen molar-refractivity contribution in [2.75, 3.05) is 53.3 Å². The number of amides is 5. The van der Waals surface area contributed by atoms with Crippen LogP contribution in [-0.2, 0) is 20.9 Å². The molecule has 2 atom stereocenters. The third-order valence-electron chi connectivity index (χ3n) is 11.1. The van der Waals surface area contributed by atoms with Crippen LogP contribution in [0.5, 0.6) is 11.5 Å². The molecule has 0 radical (unpaired) electrons. The molecule has 3 aromatic rings. The van der Waals surface area contributed by atoms with Gasteiger partial charge in [0.2, 0.25) is 17.7 Å². The van der Waals surface area contributed by atoms with E-state index >= 15 is 0 Å². The van der Waals surface area contributed by atoms with E-state index in [1.165, 1.54) is 0 Å². The maximum absolute atomic E-state index is 13.3. The Balaban J connectivity index is 0.923. The predicted molar refractivity (Wildman–Crippen MR) is 221 cm³/mol. The third kappa shape index (κ3) is 9.62. The minimum Gasteiger partial charge on any atom is -0.496 e. The Labute approximate surface area is 344 Å². The van der Waals surface area contributed by atoms with Crippen LogP contribution in [0.4, 0.5) is 5.69 Å². The Morgan fingerprint density at radius 1 is 0.949 bits per heavy atom. The lowest BCUT2D eigenvalue weighted by Crippen LogP contribution is -2.55. The van der Waals surface area contributed by atoms with Gasteiger partial charge in [-0.3, -0.25) is 48.9 Å². The summed E-state index contributed by atoms with van der Waals surface area (Å²) in [5.74, 6) is -0.809. The number of fused-ring (bicyclic) bond motifs is 1. The first-order chi connectivity index (χ1) is 28.6. The van der Waals surface area contributed by atoms with Crippen molar-refractivity contribution in [3.63, 3.8) is 0 Å². The van der Waals surface area contributed by atoms with Gasteiger partial charge in [0, 0.05) is 82.1 Å². The van der Waals surface area contributed by atoms with Crippen LogP contribution >= 0.6 is 0 Å². The molecule has 4 heterocycles. The second kappa shape index (κ2) is 19.6.